The van der Waals surface area contributed by atoms with Gasteiger partial charge in [-0.1, -0.05) is 25.7 Å². The fourth-order valence-corrected chi connectivity index (χ4v) is 3.75. The summed E-state index contributed by atoms with van der Waals surface area (Å²) in [7, 11) is -3.89. The molecule has 134 valence electrons. The Bertz CT molecular complexity index is 687. The fourth-order valence-electron chi connectivity index (χ4n) is 2.89. The van der Waals surface area contributed by atoms with Crippen LogP contribution in [-0.4, -0.2) is 33.2 Å². The normalized spacial score (nSPS) is 16.5. The third kappa shape index (κ3) is 5.15. The Balaban J connectivity index is 2.13. The molecule has 1 N–H and O–H groups in total. The van der Waals surface area contributed by atoms with E-state index in [1.54, 1.807) is 0 Å². The molecule has 1 amide bonds. The van der Waals surface area contributed by atoms with Gasteiger partial charge in [0.25, 0.3) is 0 Å². The van der Waals surface area contributed by atoms with Gasteiger partial charge in [-0.25, -0.2) is 17.2 Å². The monoisotopic (exact) mass is 360 g/mol. The molecule has 1 aromatic rings. The van der Waals surface area contributed by atoms with E-state index in [-0.39, 0.29) is 11.7 Å². The topological polar surface area (TPSA) is 66.5 Å². The molecule has 1 aliphatic carbocycles. The maximum atomic E-state index is 13.9. The van der Waals surface area contributed by atoms with Gasteiger partial charge in [0.1, 0.15) is 18.2 Å². The van der Waals surface area contributed by atoms with Crippen LogP contribution in [0.5, 0.6) is 0 Å². The Hall–Kier alpha value is -1.70. The van der Waals surface area contributed by atoms with Gasteiger partial charge in [0.15, 0.2) is 0 Å². The number of carbonyl (C=O) groups excluding carboxylic acids is 1. The number of benzene rings is 1. The van der Waals surface area contributed by atoms with E-state index in [0.717, 1.165) is 56.9 Å². The Kier molecular flexibility index (Phi) is 6.15. The lowest BCUT2D eigenvalue weighted by Gasteiger charge is -2.24. The summed E-state index contributed by atoms with van der Waals surface area (Å²) in [6, 6.07) is 2.58. The number of sulfonamides is 1. The first kappa shape index (κ1) is 18.6. The van der Waals surface area contributed by atoms with E-state index < -0.39 is 34.1 Å². The summed E-state index contributed by atoms with van der Waals surface area (Å²) >= 11 is 0. The zero-order valence-corrected chi connectivity index (χ0v) is 14.4. The molecule has 0 heterocycles. The van der Waals surface area contributed by atoms with Crippen molar-refractivity contribution in [3.63, 3.8) is 0 Å². The van der Waals surface area contributed by atoms with E-state index in [9.17, 15) is 22.0 Å². The van der Waals surface area contributed by atoms with E-state index in [1.807, 2.05) is 0 Å². The van der Waals surface area contributed by atoms with Crippen molar-refractivity contribution in [2.45, 2.75) is 44.6 Å². The van der Waals surface area contributed by atoms with Crippen molar-refractivity contribution in [1.29, 1.82) is 0 Å². The number of carbonyl (C=O) groups is 1. The Morgan fingerprint density at radius 1 is 1.21 bits per heavy atom. The second-order valence-electron chi connectivity index (χ2n) is 6.12. The summed E-state index contributed by atoms with van der Waals surface area (Å²) in [4.78, 5) is 12.2. The maximum absolute atomic E-state index is 13.9. The minimum atomic E-state index is -3.89. The summed E-state index contributed by atoms with van der Waals surface area (Å²) < 4.78 is 51.5. The highest BCUT2D eigenvalue weighted by atomic mass is 32.2. The minimum Gasteiger partial charge on any atom is -0.352 e. The third-order valence-corrected chi connectivity index (χ3v) is 5.21. The smallest absolute Gasteiger partial charge is 0.240 e. The van der Waals surface area contributed by atoms with Crippen molar-refractivity contribution in [2.24, 2.45) is 0 Å². The van der Waals surface area contributed by atoms with Crippen molar-refractivity contribution >= 4 is 21.6 Å². The third-order valence-electron chi connectivity index (χ3n) is 4.09. The number of nitrogens with zero attached hydrogens (tertiary/aromatic N) is 1. The average molecular weight is 360 g/mol. The predicted molar refractivity (Wildman–Crippen MR) is 88.2 cm³/mol. The molecule has 0 bridgehead atoms. The predicted octanol–water partition coefficient (Wildman–Crippen LogP) is 2.57. The highest BCUT2D eigenvalue weighted by Gasteiger charge is 2.25. The first-order valence-corrected chi connectivity index (χ1v) is 9.84. The van der Waals surface area contributed by atoms with E-state index >= 15 is 0 Å². The second kappa shape index (κ2) is 7.92. The van der Waals surface area contributed by atoms with Gasteiger partial charge in [0.05, 0.1) is 11.9 Å². The summed E-state index contributed by atoms with van der Waals surface area (Å²) in [6.07, 6.45) is 6.89. The molecule has 0 unspecified atom stereocenters. The molecule has 24 heavy (non-hydrogen) atoms. The van der Waals surface area contributed by atoms with E-state index in [2.05, 4.69) is 5.32 Å². The second-order valence-corrected chi connectivity index (χ2v) is 8.03. The zero-order valence-electron chi connectivity index (χ0n) is 13.6. The van der Waals surface area contributed by atoms with Gasteiger partial charge in [-0.2, -0.15) is 0 Å². The number of amides is 1. The molecule has 1 aliphatic rings. The van der Waals surface area contributed by atoms with Gasteiger partial charge in [-0.05, 0) is 25.0 Å². The molecule has 0 atom stereocenters. The molecular weight excluding hydrogens is 338 g/mol. The van der Waals surface area contributed by atoms with Crippen LogP contribution in [0.25, 0.3) is 0 Å². The highest BCUT2D eigenvalue weighted by molar-refractivity contribution is 7.92. The fraction of sp³-hybridized carbons (Fsp3) is 0.562. The van der Waals surface area contributed by atoms with Crippen LogP contribution >= 0.6 is 0 Å². The quantitative estimate of drug-likeness (QED) is 0.821. The molecule has 8 heteroatoms. The largest absolute Gasteiger partial charge is 0.352 e. The van der Waals surface area contributed by atoms with E-state index in [0.29, 0.717) is 10.4 Å². The number of hydrogen-bond acceptors (Lipinski definition) is 3. The van der Waals surface area contributed by atoms with Crippen molar-refractivity contribution < 1.29 is 22.0 Å². The number of hydrogen-bond donors (Lipinski definition) is 1. The first-order chi connectivity index (χ1) is 11.3. The SMILES string of the molecule is CS(=O)(=O)N(CC(=O)NC1CCCCCC1)c1ccc(F)cc1F. The van der Waals surface area contributed by atoms with Gasteiger partial charge in [0.2, 0.25) is 15.9 Å². The van der Waals surface area contributed by atoms with Gasteiger partial charge in [-0.3, -0.25) is 9.10 Å². The van der Waals surface area contributed by atoms with Gasteiger partial charge < -0.3 is 5.32 Å². The zero-order chi connectivity index (χ0) is 17.7. The molecule has 2 rings (SSSR count). The minimum absolute atomic E-state index is 0.0134. The lowest BCUT2D eigenvalue weighted by Crippen LogP contribution is -2.44. The Morgan fingerprint density at radius 3 is 2.38 bits per heavy atom. The molecule has 0 saturated heterocycles. The molecule has 5 nitrogen and oxygen atoms in total. The van der Waals surface area contributed by atoms with E-state index in [1.165, 1.54) is 0 Å². The lowest BCUT2D eigenvalue weighted by atomic mass is 10.1. The van der Waals surface area contributed by atoms with Crippen LogP contribution < -0.4 is 9.62 Å². The van der Waals surface area contributed by atoms with Gasteiger partial charge in [0, 0.05) is 12.1 Å². The van der Waals surface area contributed by atoms with Crippen LogP contribution in [0.3, 0.4) is 0 Å². The molecular formula is C16H22F2N2O3S. The van der Waals surface area contributed by atoms with Crippen molar-refractivity contribution in [2.75, 3.05) is 17.1 Å². The molecule has 0 aromatic heterocycles. The highest BCUT2D eigenvalue weighted by Crippen LogP contribution is 2.23. The standard InChI is InChI=1S/C16H22F2N2O3S/c1-24(22,23)20(15-9-8-12(17)10-14(15)18)11-16(21)19-13-6-4-2-3-5-7-13/h8-10,13H,2-7,11H2,1H3,(H,19,21). The van der Waals surface area contributed by atoms with E-state index in [4.69, 9.17) is 0 Å². The summed E-state index contributed by atoms with van der Waals surface area (Å²) in [5, 5.41) is 2.82. The lowest BCUT2D eigenvalue weighted by molar-refractivity contribution is -0.120. The van der Waals surface area contributed by atoms with Crippen LogP contribution in [0.4, 0.5) is 14.5 Å². The molecule has 1 fully saturated rings. The molecule has 0 aliphatic heterocycles. The van der Waals surface area contributed by atoms with Gasteiger partial charge >= 0.3 is 0 Å². The Morgan fingerprint density at radius 2 is 1.83 bits per heavy atom. The van der Waals surface area contributed by atoms with Gasteiger partial charge in [-0.15, -0.1) is 0 Å². The van der Waals surface area contributed by atoms with Crippen molar-refractivity contribution in [3.05, 3.63) is 29.8 Å². The number of rotatable bonds is 5. The molecule has 0 radical (unpaired) electrons. The van der Waals surface area contributed by atoms with Crippen LogP contribution in [0.15, 0.2) is 18.2 Å². The van der Waals surface area contributed by atoms with Crippen LogP contribution in [0, 0.1) is 11.6 Å². The summed E-state index contributed by atoms with van der Waals surface area (Å²) in [5.74, 6) is -2.33. The molecule has 1 saturated carbocycles. The van der Waals surface area contributed by atoms with Crippen LogP contribution in [-0.2, 0) is 14.8 Å². The maximum Gasteiger partial charge on any atom is 0.240 e. The number of halogens is 2. The molecule has 0 spiro atoms. The van der Waals surface area contributed by atoms with Crippen LogP contribution in [0.1, 0.15) is 38.5 Å². The number of nitrogens with one attached hydrogen (secondary N) is 1. The van der Waals surface area contributed by atoms with Crippen LogP contribution in [0.2, 0.25) is 0 Å². The first-order valence-electron chi connectivity index (χ1n) is 7.99. The average Bonchev–Trinajstić information content (AvgIpc) is 2.73. The van der Waals surface area contributed by atoms with Crippen molar-refractivity contribution in [1.82, 2.24) is 5.32 Å². The Labute approximate surface area is 141 Å². The van der Waals surface area contributed by atoms with Crippen molar-refractivity contribution in [3.8, 4) is 0 Å². The summed E-state index contributed by atoms with van der Waals surface area (Å²) in [5.41, 5.74) is -0.338. The molecule has 1 aromatic carbocycles. The summed E-state index contributed by atoms with van der Waals surface area (Å²) in [6.45, 7) is -0.530. The number of anilines is 1.